The van der Waals surface area contributed by atoms with E-state index in [0.717, 1.165) is 54.9 Å². The first-order chi connectivity index (χ1) is 14.7. The van der Waals surface area contributed by atoms with Gasteiger partial charge in [-0.2, -0.15) is 0 Å². The van der Waals surface area contributed by atoms with Crippen LogP contribution in [0.15, 0.2) is 42.5 Å². The minimum Gasteiger partial charge on any atom is -0.378 e. The summed E-state index contributed by atoms with van der Waals surface area (Å²) < 4.78 is 31.5. The van der Waals surface area contributed by atoms with E-state index in [9.17, 15) is 13.2 Å². The average molecular weight is 446 g/mol. The van der Waals surface area contributed by atoms with Crippen molar-refractivity contribution in [3.05, 3.63) is 59.2 Å². The van der Waals surface area contributed by atoms with Crippen LogP contribution in [0.1, 0.15) is 23.6 Å². The number of nitrogens with zero attached hydrogens (tertiary/aromatic N) is 2. The van der Waals surface area contributed by atoms with Crippen molar-refractivity contribution in [3.8, 4) is 0 Å². The summed E-state index contributed by atoms with van der Waals surface area (Å²) in [5.41, 5.74) is 4.61. The molecule has 0 unspecified atom stereocenters. The molecule has 1 N–H and O–H groups in total. The maximum atomic E-state index is 12.8. The zero-order chi connectivity index (χ0) is 22.6. The van der Waals surface area contributed by atoms with Crippen molar-refractivity contribution in [3.63, 3.8) is 0 Å². The molecule has 1 aliphatic rings. The van der Waals surface area contributed by atoms with Crippen LogP contribution < -0.4 is 14.5 Å². The largest absolute Gasteiger partial charge is 0.378 e. The molecule has 0 aliphatic carbocycles. The first-order valence-corrected chi connectivity index (χ1v) is 12.3. The Balaban J connectivity index is 1.67. The van der Waals surface area contributed by atoms with E-state index in [4.69, 9.17) is 4.74 Å². The lowest BCUT2D eigenvalue weighted by atomic mass is 10.1. The molecule has 1 saturated heterocycles. The van der Waals surface area contributed by atoms with Crippen LogP contribution >= 0.6 is 0 Å². The van der Waals surface area contributed by atoms with Gasteiger partial charge in [0.15, 0.2) is 0 Å². The van der Waals surface area contributed by atoms with Gasteiger partial charge >= 0.3 is 0 Å². The fourth-order valence-electron chi connectivity index (χ4n) is 3.65. The lowest BCUT2D eigenvalue weighted by molar-refractivity contribution is -0.122. The van der Waals surface area contributed by atoms with Crippen LogP contribution in [0.2, 0.25) is 0 Å². The highest BCUT2D eigenvalue weighted by molar-refractivity contribution is 7.92. The molecule has 1 amide bonds. The predicted octanol–water partition coefficient (Wildman–Crippen LogP) is 2.61. The van der Waals surface area contributed by atoms with E-state index >= 15 is 0 Å². The molecule has 0 radical (unpaired) electrons. The van der Waals surface area contributed by atoms with Crippen molar-refractivity contribution in [1.82, 2.24) is 5.32 Å². The van der Waals surface area contributed by atoms with Crippen LogP contribution in [0.5, 0.6) is 0 Å². The fourth-order valence-corrected chi connectivity index (χ4v) is 4.82. The van der Waals surface area contributed by atoms with Gasteiger partial charge in [-0.1, -0.05) is 18.2 Å². The number of rotatable bonds is 7. The second-order valence-corrected chi connectivity index (χ2v) is 9.85. The minimum atomic E-state index is -3.64. The van der Waals surface area contributed by atoms with Gasteiger partial charge in [-0.25, -0.2) is 8.42 Å². The Kier molecular flexibility index (Phi) is 7.23. The SMILES string of the molecule is Cc1ccc(N([C@@H](C)C(=O)NCc2ccc(N3CCOCC3)cc2)S(C)(=O)=O)cc1C. The second kappa shape index (κ2) is 9.70. The number of morpholine rings is 1. The van der Waals surface area contributed by atoms with Gasteiger partial charge in [0.1, 0.15) is 6.04 Å². The molecule has 1 heterocycles. The van der Waals surface area contributed by atoms with E-state index in [1.807, 2.05) is 44.2 Å². The highest BCUT2D eigenvalue weighted by Crippen LogP contribution is 2.24. The van der Waals surface area contributed by atoms with Crippen LogP contribution in [-0.4, -0.2) is 52.9 Å². The highest BCUT2D eigenvalue weighted by atomic mass is 32.2. The normalized spacial score (nSPS) is 15.4. The molecule has 1 atom stereocenters. The number of ether oxygens (including phenoxy) is 1. The molecule has 8 heteroatoms. The topological polar surface area (TPSA) is 79.0 Å². The molecule has 0 bridgehead atoms. The number of nitrogens with one attached hydrogen (secondary N) is 1. The molecular weight excluding hydrogens is 414 g/mol. The predicted molar refractivity (Wildman–Crippen MR) is 124 cm³/mol. The van der Waals surface area contributed by atoms with Crippen molar-refractivity contribution in [2.75, 3.05) is 41.8 Å². The second-order valence-electron chi connectivity index (χ2n) is 7.99. The number of hydrogen-bond acceptors (Lipinski definition) is 5. The number of anilines is 2. The summed E-state index contributed by atoms with van der Waals surface area (Å²) in [6, 6.07) is 12.6. The zero-order valence-corrected chi connectivity index (χ0v) is 19.4. The van der Waals surface area contributed by atoms with Gasteiger partial charge < -0.3 is 15.0 Å². The molecule has 168 valence electrons. The Morgan fingerprint density at radius 1 is 1.10 bits per heavy atom. The average Bonchev–Trinajstić information content (AvgIpc) is 2.74. The molecule has 2 aromatic rings. The third kappa shape index (κ3) is 5.77. The van der Waals surface area contributed by atoms with Crippen molar-refractivity contribution in [2.45, 2.75) is 33.4 Å². The van der Waals surface area contributed by atoms with Crippen LogP contribution in [-0.2, 0) is 26.1 Å². The van der Waals surface area contributed by atoms with Gasteiger partial charge in [0.05, 0.1) is 25.2 Å². The van der Waals surface area contributed by atoms with E-state index in [-0.39, 0.29) is 5.91 Å². The smallest absolute Gasteiger partial charge is 0.243 e. The number of amides is 1. The van der Waals surface area contributed by atoms with Gasteiger partial charge in [0.25, 0.3) is 0 Å². The Hall–Kier alpha value is -2.58. The molecule has 3 rings (SSSR count). The number of aryl methyl sites for hydroxylation is 2. The molecule has 1 aliphatic heterocycles. The van der Waals surface area contributed by atoms with E-state index in [1.54, 1.807) is 19.1 Å². The number of carbonyl (C=O) groups is 1. The van der Waals surface area contributed by atoms with Crippen LogP contribution in [0.25, 0.3) is 0 Å². The van der Waals surface area contributed by atoms with Crippen LogP contribution in [0.3, 0.4) is 0 Å². The molecular formula is C23H31N3O4S. The molecule has 0 aromatic heterocycles. The lowest BCUT2D eigenvalue weighted by Crippen LogP contribution is -2.47. The molecule has 0 saturated carbocycles. The summed E-state index contributed by atoms with van der Waals surface area (Å²) in [6.45, 7) is 9.01. The molecule has 1 fully saturated rings. The molecule has 31 heavy (non-hydrogen) atoms. The van der Waals surface area contributed by atoms with Crippen LogP contribution in [0, 0.1) is 13.8 Å². The van der Waals surface area contributed by atoms with Gasteiger partial charge in [0.2, 0.25) is 15.9 Å². The van der Waals surface area contributed by atoms with E-state index in [0.29, 0.717) is 12.2 Å². The van der Waals surface area contributed by atoms with E-state index in [2.05, 4.69) is 10.2 Å². The summed E-state index contributed by atoms with van der Waals surface area (Å²) in [7, 11) is -3.64. The van der Waals surface area contributed by atoms with Crippen LogP contribution in [0.4, 0.5) is 11.4 Å². The van der Waals surface area contributed by atoms with Gasteiger partial charge in [-0.3, -0.25) is 9.10 Å². The summed E-state index contributed by atoms with van der Waals surface area (Å²) in [4.78, 5) is 15.1. The minimum absolute atomic E-state index is 0.330. The number of sulfonamides is 1. The van der Waals surface area contributed by atoms with Crippen molar-refractivity contribution in [2.24, 2.45) is 0 Å². The maximum Gasteiger partial charge on any atom is 0.243 e. The maximum absolute atomic E-state index is 12.8. The Morgan fingerprint density at radius 2 is 1.74 bits per heavy atom. The first kappa shape index (κ1) is 23.1. The van der Waals surface area contributed by atoms with Crippen molar-refractivity contribution in [1.29, 1.82) is 0 Å². The van der Waals surface area contributed by atoms with E-state index < -0.39 is 16.1 Å². The Morgan fingerprint density at radius 3 is 2.32 bits per heavy atom. The molecule has 0 spiro atoms. The van der Waals surface area contributed by atoms with E-state index in [1.165, 1.54) is 4.31 Å². The first-order valence-electron chi connectivity index (χ1n) is 10.4. The highest BCUT2D eigenvalue weighted by Gasteiger charge is 2.29. The molecule has 2 aromatic carbocycles. The lowest BCUT2D eigenvalue weighted by Gasteiger charge is -2.29. The van der Waals surface area contributed by atoms with Gasteiger partial charge in [-0.05, 0) is 61.7 Å². The number of carbonyl (C=O) groups excluding carboxylic acids is 1. The van der Waals surface area contributed by atoms with Gasteiger partial charge in [-0.15, -0.1) is 0 Å². The summed E-state index contributed by atoms with van der Waals surface area (Å²) in [5.74, 6) is -0.346. The van der Waals surface area contributed by atoms with Gasteiger partial charge in [0, 0.05) is 25.3 Å². The fraction of sp³-hybridized carbons (Fsp3) is 0.435. The zero-order valence-electron chi connectivity index (χ0n) is 18.6. The quantitative estimate of drug-likeness (QED) is 0.709. The third-order valence-electron chi connectivity index (χ3n) is 5.61. The number of benzene rings is 2. The van der Waals surface area contributed by atoms with Crippen molar-refractivity contribution < 1.29 is 17.9 Å². The molecule has 7 nitrogen and oxygen atoms in total. The third-order valence-corrected chi connectivity index (χ3v) is 6.85. The monoisotopic (exact) mass is 445 g/mol. The summed E-state index contributed by atoms with van der Waals surface area (Å²) in [6.07, 6.45) is 1.12. The Bertz CT molecular complexity index is 1020. The number of hydrogen-bond donors (Lipinski definition) is 1. The standard InChI is InChI=1S/C23H31N3O4S/c1-17-5-8-22(15-18(17)2)26(31(4,28)29)19(3)23(27)24-16-20-6-9-21(10-7-20)25-11-13-30-14-12-25/h5-10,15,19H,11-14,16H2,1-4H3,(H,24,27)/t19-/m0/s1. The summed E-state index contributed by atoms with van der Waals surface area (Å²) in [5, 5.41) is 2.87. The van der Waals surface area contributed by atoms with Crippen molar-refractivity contribution >= 4 is 27.3 Å². The Labute approximate surface area is 185 Å². The summed E-state index contributed by atoms with van der Waals surface area (Å²) >= 11 is 0.